The first-order chi connectivity index (χ1) is 35.4. The Balaban J connectivity index is 0.672. The number of carboxylic acid groups (broad SMARTS) is 1. The maximum absolute atomic E-state index is 13.7. The number of para-hydroxylation sites is 1. The number of aromatic nitrogens is 4. The van der Waals surface area contributed by atoms with Crippen LogP contribution >= 0.6 is 11.3 Å². The molecule has 1 saturated carbocycles. The Bertz CT molecular complexity index is 3280. The van der Waals surface area contributed by atoms with Crippen LogP contribution in [0.15, 0.2) is 91.0 Å². The molecule has 3 aromatic heterocycles. The van der Waals surface area contributed by atoms with Gasteiger partial charge >= 0.3 is 5.97 Å². The van der Waals surface area contributed by atoms with Gasteiger partial charge in [-0.2, -0.15) is 5.10 Å². The number of piperazine rings is 1. The molecule has 374 valence electrons. The molecule has 0 spiro atoms. The van der Waals surface area contributed by atoms with Crippen molar-refractivity contribution in [1.29, 1.82) is 0 Å². The van der Waals surface area contributed by atoms with E-state index < -0.39 is 11.9 Å². The van der Waals surface area contributed by atoms with Gasteiger partial charge in [-0.3, -0.25) is 34.5 Å². The second-order valence-corrected chi connectivity index (χ2v) is 20.8. The van der Waals surface area contributed by atoms with E-state index in [1.807, 2.05) is 103 Å². The van der Waals surface area contributed by atoms with Crippen LogP contribution in [0.3, 0.4) is 0 Å². The van der Waals surface area contributed by atoms with Gasteiger partial charge in [0.25, 0.3) is 5.91 Å². The van der Waals surface area contributed by atoms with Gasteiger partial charge in [0.1, 0.15) is 11.6 Å². The lowest BCUT2D eigenvalue weighted by atomic mass is 9.84. The highest BCUT2D eigenvalue weighted by molar-refractivity contribution is 7.22. The molecule has 16 nitrogen and oxygen atoms in total. The smallest absolute Gasteiger partial charge is 0.355 e. The Kier molecular flexibility index (Phi) is 13.1. The van der Waals surface area contributed by atoms with E-state index in [0.717, 1.165) is 100 Å². The number of carbonyl (C=O) groups excluding carboxylic acids is 4. The third-order valence-corrected chi connectivity index (χ3v) is 16.2. The molecule has 1 atom stereocenters. The first kappa shape index (κ1) is 47.7. The second-order valence-electron chi connectivity index (χ2n) is 19.7. The fourth-order valence-electron chi connectivity index (χ4n) is 11.2. The number of nitrogens with one attached hydrogen (secondary N) is 2. The number of imide groups is 1. The number of aryl methyl sites for hydroxylation is 1. The molecule has 3 N–H and O–H groups in total. The van der Waals surface area contributed by atoms with E-state index in [-0.39, 0.29) is 35.4 Å². The maximum Gasteiger partial charge on any atom is 0.355 e. The fourth-order valence-corrected chi connectivity index (χ4v) is 12.1. The summed E-state index contributed by atoms with van der Waals surface area (Å²) in [6.45, 7) is 5.73. The lowest BCUT2D eigenvalue weighted by molar-refractivity contribution is -0.134. The molecule has 4 amide bonds. The zero-order valence-electron chi connectivity index (χ0n) is 40.9. The standard InChI is InChI=1S/C56H57N9O7S/c1-33-38(39-20-22-48(58-52(39)55(70)71)65-26-25-35-7-5-9-40(43(35)32-65)53(68)60-56-57-44-10-3-4-12-47(44)73-56)8-6-11-46(33)72-37-17-13-34(14-18-37)15-24-50(67)64-29-27-63(28-30-64)36-16-19-41-45(31-36)62(2)61-51(41)42-21-23-49(66)59-54(42)69/h3-12,16,19-20,22,31,34,37,42H,13-15,17-18,21,23-30,32H2,1-2H3,(H,70,71)(H,57,60,68)(H,59,66,69)/t34-,37-,42?. The highest BCUT2D eigenvalue weighted by atomic mass is 32.1. The van der Waals surface area contributed by atoms with Gasteiger partial charge in [-0.15, -0.1) is 0 Å². The van der Waals surface area contributed by atoms with Crippen LogP contribution in [0.1, 0.15) is 101 Å². The second kappa shape index (κ2) is 20.1. The molecule has 17 heteroatoms. The molecule has 0 radical (unpaired) electrons. The van der Waals surface area contributed by atoms with Crippen molar-refractivity contribution >= 4 is 78.7 Å². The first-order valence-electron chi connectivity index (χ1n) is 25.3. The fraction of sp³-hybridized carbons (Fsp3) is 0.357. The number of hydrogen-bond acceptors (Lipinski definition) is 12. The average Bonchev–Trinajstić information content (AvgIpc) is 3.97. The van der Waals surface area contributed by atoms with E-state index in [4.69, 9.17) is 9.72 Å². The van der Waals surface area contributed by atoms with E-state index in [1.165, 1.54) is 11.3 Å². The topological polar surface area (TPSA) is 192 Å². The van der Waals surface area contributed by atoms with Gasteiger partial charge in [-0.05, 0) is 135 Å². The number of amides is 4. The quantitative estimate of drug-likeness (QED) is 0.0989. The molecular formula is C56H57N9O7S. The number of benzene rings is 4. The van der Waals surface area contributed by atoms with Crippen LogP contribution in [-0.4, -0.2) is 98.2 Å². The van der Waals surface area contributed by atoms with Gasteiger partial charge in [-0.25, -0.2) is 14.8 Å². The first-order valence-corrected chi connectivity index (χ1v) is 26.1. The minimum absolute atomic E-state index is 0.0122. The number of piperidine rings is 1. The predicted molar refractivity (Wildman–Crippen MR) is 280 cm³/mol. The van der Waals surface area contributed by atoms with E-state index in [0.29, 0.717) is 85.6 Å². The van der Waals surface area contributed by atoms with Crippen LogP contribution in [0, 0.1) is 12.8 Å². The molecule has 1 aliphatic carbocycles. The molecule has 6 heterocycles. The van der Waals surface area contributed by atoms with Gasteiger partial charge in [0.2, 0.25) is 17.7 Å². The molecule has 0 bridgehead atoms. The van der Waals surface area contributed by atoms with Crippen LogP contribution < -0.4 is 25.2 Å². The molecule has 3 fully saturated rings. The molecule has 4 aromatic carbocycles. The third kappa shape index (κ3) is 9.73. The van der Waals surface area contributed by atoms with Crippen molar-refractivity contribution in [3.8, 4) is 16.9 Å². The number of carbonyl (C=O) groups is 5. The number of fused-ring (bicyclic) bond motifs is 3. The lowest BCUT2D eigenvalue weighted by Gasteiger charge is -2.36. The Labute approximate surface area is 426 Å². The summed E-state index contributed by atoms with van der Waals surface area (Å²) in [5, 5.41) is 22.1. The molecule has 11 rings (SSSR count). The maximum atomic E-state index is 13.7. The Morgan fingerprint density at radius 2 is 1.64 bits per heavy atom. The predicted octanol–water partition coefficient (Wildman–Crippen LogP) is 8.65. The molecule has 2 saturated heterocycles. The normalized spacial score (nSPS) is 19.2. The van der Waals surface area contributed by atoms with Crippen molar-refractivity contribution in [2.75, 3.05) is 47.8 Å². The highest BCUT2D eigenvalue weighted by Crippen LogP contribution is 2.38. The van der Waals surface area contributed by atoms with Gasteiger partial charge in [0.05, 0.1) is 33.4 Å². The van der Waals surface area contributed by atoms with Crippen molar-refractivity contribution in [1.82, 2.24) is 30.0 Å². The highest BCUT2D eigenvalue weighted by Gasteiger charge is 2.33. The average molecular weight is 1000 g/mol. The molecule has 7 aromatic rings. The van der Waals surface area contributed by atoms with E-state index in [1.54, 1.807) is 4.68 Å². The number of ether oxygens (including phenoxy) is 1. The van der Waals surface area contributed by atoms with Crippen molar-refractivity contribution in [3.63, 3.8) is 0 Å². The molecule has 3 aliphatic heterocycles. The van der Waals surface area contributed by atoms with Crippen LogP contribution in [0.2, 0.25) is 0 Å². The van der Waals surface area contributed by atoms with Crippen molar-refractivity contribution in [2.45, 2.75) is 83.3 Å². The number of thiazole rings is 1. The number of rotatable bonds is 12. The van der Waals surface area contributed by atoms with Crippen molar-refractivity contribution in [3.05, 3.63) is 125 Å². The van der Waals surface area contributed by atoms with Gasteiger partial charge in [0, 0.05) is 81.4 Å². The monoisotopic (exact) mass is 999 g/mol. The van der Waals surface area contributed by atoms with Crippen LogP contribution in [0.25, 0.3) is 32.2 Å². The summed E-state index contributed by atoms with van der Waals surface area (Å²) >= 11 is 1.43. The lowest BCUT2D eigenvalue weighted by Crippen LogP contribution is -2.48. The van der Waals surface area contributed by atoms with Crippen LogP contribution in [0.5, 0.6) is 5.75 Å². The summed E-state index contributed by atoms with van der Waals surface area (Å²) in [7, 11) is 1.87. The SMILES string of the molecule is Cc1c(O[C@H]2CC[C@H](CCC(=O)N3CCN(c4ccc5c(C6CCC(=O)NC6=O)nn(C)c5c4)CC3)CC2)cccc1-c1ccc(N2CCc3cccc(C(=O)Nc4nc5ccccc5s4)c3C2)nc1C(=O)O. The Hall–Kier alpha value is -7.66. The Morgan fingerprint density at radius 3 is 2.44 bits per heavy atom. The number of nitrogens with zero attached hydrogens (tertiary/aromatic N) is 7. The Morgan fingerprint density at radius 1 is 0.836 bits per heavy atom. The summed E-state index contributed by atoms with van der Waals surface area (Å²) < 4.78 is 9.44. The van der Waals surface area contributed by atoms with Crippen LogP contribution in [0.4, 0.5) is 16.6 Å². The van der Waals surface area contributed by atoms with Gasteiger partial charge < -0.3 is 24.5 Å². The largest absolute Gasteiger partial charge is 0.490 e. The zero-order chi connectivity index (χ0) is 50.3. The van der Waals surface area contributed by atoms with Crippen molar-refractivity contribution < 1.29 is 33.8 Å². The number of pyridine rings is 1. The summed E-state index contributed by atoms with van der Waals surface area (Å²) in [4.78, 5) is 80.0. The number of carboxylic acids is 1. The number of aromatic carboxylic acids is 1. The molecular weight excluding hydrogens is 943 g/mol. The minimum Gasteiger partial charge on any atom is -0.490 e. The van der Waals surface area contributed by atoms with Gasteiger partial charge in [0.15, 0.2) is 10.8 Å². The summed E-state index contributed by atoms with van der Waals surface area (Å²) in [5.41, 5.74) is 8.07. The molecule has 73 heavy (non-hydrogen) atoms. The van der Waals surface area contributed by atoms with Gasteiger partial charge in [-0.1, -0.05) is 47.7 Å². The number of anilines is 3. The zero-order valence-corrected chi connectivity index (χ0v) is 41.8. The van der Waals surface area contributed by atoms with E-state index in [2.05, 4.69) is 37.7 Å². The summed E-state index contributed by atoms with van der Waals surface area (Å²) in [5.74, 6) is -0.465. The van der Waals surface area contributed by atoms with E-state index >= 15 is 0 Å². The molecule has 4 aliphatic rings. The third-order valence-electron chi connectivity index (χ3n) is 15.3. The minimum atomic E-state index is -1.13. The molecule has 1 unspecified atom stereocenters. The van der Waals surface area contributed by atoms with Crippen LogP contribution in [-0.2, 0) is 34.4 Å². The van der Waals surface area contributed by atoms with Crippen molar-refractivity contribution in [2.24, 2.45) is 13.0 Å². The summed E-state index contributed by atoms with van der Waals surface area (Å²) in [6.07, 6.45) is 6.50. The van der Waals surface area contributed by atoms with E-state index in [9.17, 15) is 29.1 Å². The summed E-state index contributed by atoms with van der Waals surface area (Å²) in [6, 6.07) is 29.1. The number of hydrogen-bond donors (Lipinski definition) is 3.